The Morgan fingerprint density at radius 2 is 2.08 bits per heavy atom. The van der Waals surface area contributed by atoms with Crippen molar-refractivity contribution < 1.29 is 4.42 Å². The van der Waals surface area contributed by atoms with Crippen molar-refractivity contribution in [1.29, 1.82) is 0 Å². The average Bonchev–Trinajstić information content (AvgIpc) is 3.37. The molecule has 130 valence electrons. The van der Waals surface area contributed by atoms with Gasteiger partial charge in [-0.25, -0.2) is 0 Å². The maximum atomic E-state index is 5.98. The van der Waals surface area contributed by atoms with Gasteiger partial charge in [0, 0.05) is 24.0 Å². The molecule has 1 saturated heterocycles. The van der Waals surface area contributed by atoms with Crippen LogP contribution in [0.4, 0.5) is 0 Å². The van der Waals surface area contributed by atoms with Crippen LogP contribution >= 0.6 is 0 Å². The van der Waals surface area contributed by atoms with Crippen LogP contribution in [0.3, 0.4) is 0 Å². The van der Waals surface area contributed by atoms with E-state index in [4.69, 9.17) is 4.42 Å². The van der Waals surface area contributed by atoms with Crippen molar-refractivity contribution in [3.8, 4) is 11.5 Å². The highest BCUT2D eigenvalue weighted by Gasteiger charge is 2.32. The Hall–Kier alpha value is -2.47. The summed E-state index contributed by atoms with van der Waals surface area (Å²) in [6.45, 7) is 6.16. The molecular weight excluding hydrogens is 314 g/mol. The lowest BCUT2D eigenvalue weighted by atomic mass is 10.1. The molecule has 2 aromatic heterocycles. The van der Waals surface area contributed by atoms with Gasteiger partial charge in [-0.15, -0.1) is 10.2 Å². The van der Waals surface area contributed by atoms with Crippen molar-refractivity contribution >= 4 is 0 Å². The summed E-state index contributed by atoms with van der Waals surface area (Å²) >= 11 is 0. The van der Waals surface area contributed by atoms with E-state index in [0.717, 1.165) is 18.7 Å². The number of benzene rings is 1. The summed E-state index contributed by atoms with van der Waals surface area (Å²) in [7, 11) is 0. The minimum absolute atomic E-state index is 0.106. The lowest BCUT2D eigenvalue weighted by Gasteiger charge is -2.28. The largest absolute Gasteiger partial charge is 0.419 e. The first kappa shape index (κ1) is 16.0. The summed E-state index contributed by atoms with van der Waals surface area (Å²) < 4.78 is 7.98. The molecule has 1 aliphatic heterocycles. The lowest BCUT2D eigenvalue weighted by Crippen LogP contribution is -2.35. The van der Waals surface area contributed by atoms with E-state index >= 15 is 0 Å². The second kappa shape index (κ2) is 6.80. The van der Waals surface area contributed by atoms with E-state index in [0.29, 0.717) is 17.8 Å². The number of hydrogen-bond acceptors (Lipinski definition) is 5. The van der Waals surface area contributed by atoms with Crippen LogP contribution in [0, 0.1) is 6.92 Å². The van der Waals surface area contributed by atoms with Crippen LogP contribution in [-0.2, 0) is 6.54 Å². The molecule has 0 unspecified atom stereocenters. The van der Waals surface area contributed by atoms with Crippen LogP contribution in [0.1, 0.15) is 37.3 Å². The lowest BCUT2D eigenvalue weighted by molar-refractivity contribution is 0.152. The zero-order valence-electron chi connectivity index (χ0n) is 14.7. The molecule has 1 fully saturated rings. The minimum atomic E-state index is 0.106. The van der Waals surface area contributed by atoms with E-state index in [1.165, 1.54) is 18.4 Å². The van der Waals surface area contributed by atoms with Crippen LogP contribution in [0.25, 0.3) is 11.5 Å². The fraction of sp³-hybridized carbons (Fsp3) is 0.421. The fourth-order valence-corrected chi connectivity index (χ4v) is 3.55. The van der Waals surface area contributed by atoms with Gasteiger partial charge in [-0.1, -0.05) is 17.7 Å². The Morgan fingerprint density at radius 3 is 2.84 bits per heavy atom. The standard InChI is InChI=1S/C19H23N5O/c1-14-6-8-16(9-7-14)19-22-21-18(25-19)15(2)24-12-3-5-17(24)13-23-11-4-10-20-23/h4,6-11,15,17H,3,5,12-13H2,1-2H3/t15-,17-/m1/s1. The number of aryl methyl sites for hydroxylation is 1. The molecular formula is C19H23N5O. The SMILES string of the molecule is Cc1ccc(-c2nnc([C@@H](C)N3CCC[C@@H]3Cn3cccn3)o2)cc1. The molecule has 0 N–H and O–H groups in total. The highest BCUT2D eigenvalue weighted by Crippen LogP contribution is 2.30. The second-order valence-electron chi connectivity index (χ2n) is 6.75. The van der Waals surface area contributed by atoms with Crippen molar-refractivity contribution in [2.75, 3.05) is 6.54 Å². The molecule has 6 heteroatoms. The van der Waals surface area contributed by atoms with Gasteiger partial charge in [-0.2, -0.15) is 5.10 Å². The van der Waals surface area contributed by atoms with E-state index in [2.05, 4.69) is 46.2 Å². The van der Waals surface area contributed by atoms with Crippen LogP contribution in [0.15, 0.2) is 47.1 Å². The van der Waals surface area contributed by atoms with Gasteiger partial charge in [0.15, 0.2) is 0 Å². The first-order chi connectivity index (χ1) is 12.2. The molecule has 0 saturated carbocycles. The van der Waals surface area contributed by atoms with Crippen LogP contribution in [0.5, 0.6) is 0 Å². The summed E-state index contributed by atoms with van der Waals surface area (Å²) in [4.78, 5) is 2.45. The molecule has 25 heavy (non-hydrogen) atoms. The highest BCUT2D eigenvalue weighted by atomic mass is 16.4. The molecule has 0 amide bonds. The van der Waals surface area contributed by atoms with E-state index in [1.54, 1.807) is 0 Å². The van der Waals surface area contributed by atoms with Crippen molar-refractivity contribution in [3.05, 3.63) is 54.2 Å². The molecule has 2 atom stereocenters. The summed E-state index contributed by atoms with van der Waals surface area (Å²) in [6.07, 6.45) is 6.20. The minimum Gasteiger partial charge on any atom is -0.419 e. The molecule has 1 aliphatic rings. The molecule has 3 heterocycles. The zero-order valence-corrected chi connectivity index (χ0v) is 14.7. The topological polar surface area (TPSA) is 60.0 Å². The van der Waals surface area contributed by atoms with Gasteiger partial charge in [0.25, 0.3) is 0 Å². The number of rotatable bonds is 5. The monoisotopic (exact) mass is 337 g/mol. The Bertz CT molecular complexity index is 809. The van der Waals surface area contributed by atoms with Crippen LogP contribution in [0.2, 0.25) is 0 Å². The predicted octanol–water partition coefficient (Wildman–Crippen LogP) is 3.47. The zero-order chi connectivity index (χ0) is 17.2. The maximum absolute atomic E-state index is 5.98. The Kier molecular flexibility index (Phi) is 4.36. The summed E-state index contributed by atoms with van der Waals surface area (Å²) in [6, 6.07) is 10.7. The van der Waals surface area contributed by atoms with E-state index in [1.807, 2.05) is 35.3 Å². The third kappa shape index (κ3) is 3.35. The molecule has 6 nitrogen and oxygen atoms in total. The van der Waals surface area contributed by atoms with Crippen molar-refractivity contribution in [2.24, 2.45) is 0 Å². The first-order valence-electron chi connectivity index (χ1n) is 8.84. The average molecular weight is 337 g/mol. The van der Waals surface area contributed by atoms with E-state index in [-0.39, 0.29) is 6.04 Å². The van der Waals surface area contributed by atoms with Gasteiger partial charge < -0.3 is 4.42 Å². The molecule has 0 aliphatic carbocycles. The highest BCUT2D eigenvalue weighted by molar-refractivity contribution is 5.52. The van der Waals surface area contributed by atoms with Gasteiger partial charge >= 0.3 is 0 Å². The van der Waals surface area contributed by atoms with Crippen LogP contribution in [-0.4, -0.2) is 37.5 Å². The number of hydrogen-bond donors (Lipinski definition) is 0. The van der Waals surface area contributed by atoms with Crippen LogP contribution < -0.4 is 0 Å². The van der Waals surface area contributed by atoms with Gasteiger partial charge in [-0.3, -0.25) is 9.58 Å². The predicted molar refractivity (Wildman–Crippen MR) is 94.8 cm³/mol. The Balaban J connectivity index is 1.50. The van der Waals surface area contributed by atoms with E-state index in [9.17, 15) is 0 Å². The normalized spacial score (nSPS) is 19.4. The third-order valence-electron chi connectivity index (χ3n) is 4.97. The summed E-state index contributed by atoms with van der Waals surface area (Å²) in [5.74, 6) is 1.27. The fourth-order valence-electron chi connectivity index (χ4n) is 3.55. The quantitative estimate of drug-likeness (QED) is 0.713. The molecule has 3 aromatic rings. The number of nitrogens with zero attached hydrogens (tertiary/aromatic N) is 5. The van der Waals surface area contributed by atoms with Gasteiger partial charge in [-0.05, 0) is 51.4 Å². The summed E-state index contributed by atoms with van der Waals surface area (Å²) in [5.41, 5.74) is 2.18. The third-order valence-corrected chi connectivity index (χ3v) is 4.97. The second-order valence-corrected chi connectivity index (χ2v) is 6.75. The Morgan fingerprint density at radius 1 is 1.24 bits per heavy atom. The van der Waals surface area contributed by atoms with Gasteiger partial charge in [0.1, 0.15) is 0 Å². The summed E-state index contributed by atoms with van der Waals surface area (Å²) in [5, 5.41) is 12.9. The van der Waals surface area contributed by atoms with E-state index < -0.39 is 0 Å². The molecule has 4 rings (SSSR count). The first-order valence-corrected chi connectivity index (χ1v) is 8.84. The smallest absolute Gasteiger partial charge is 0.247 e. The maximum Gasteiger partial charge on any atom is 0.247 e. The molecule has 0 bridgehead atoms. The molecule has 0 spiro atoms. The van der Waals surface area contributed by atoms with Crippen molar-refractivity contribution in [3.63, 3.8) is 0 Å². The Labute approximate surface area is 147 Å². The number of aromatic nitrogens is 4. The van der Waals surface area contributed by atoms with Crippen molar-refractivity contribution in [1.82, 2.24) is 24.9 Å². The molecule has 1 aromatic carbocycles. The molecule has 0 radical (unpaired) electrons. The van der Waals surface area contributed by atoms with Gasteiger partial charge in [0.2, 0.25) is 11.8 Å². The number of likely N-dealkylation sites (tertiary alicyclic amines) is 1. The van der Waals surface area contributed by atoms with Gasteiger partial charge in [0.05, 0.1) is 12.6 Å². The van der Waals surface area contributed by atoms with Crippen molar-refractivity contribution in [2.45, 2.75) is 45.3 Å².